The number of carboxylic acids is 1. The largest absolute Gasteiger partial charge is 0.481 e. The van der Waals surface area contributed by atoms with Gasteiger partial charge in [-0.2, -0.15) is 4.39 Å². The van der Waals surface area contributed by atoms with Gasteiger partial charge in [0, 0.05) is 47.9 Å². The number of aryl methyl sites for hydroxylation is 1. The average molecular weight is 595 g/mol. The fraction of sp³-hybridized carbons (Fsp3) is 0.419. The smallest absolute Gasteiger partial charge is 0.304 e. The van der Waals surface area contributed by atoms with Crippen molar-refractivity contribution < 1.29 is 28.2 Å². The number of benzene rings is 1. The van der Waals surface area contributed by atoms with Crippen LogP contribution in [0, 0.1) is 17.0 Å². The first kappa shape index (κ1) is 28.3. The van der Waals surface area contributed by atoms with Crippen LogP contribution in [-0.2, 0) is 16.6 Å². The SMILES string of the molecule is Cn1ccc2cc(-c3ccc(OCF)cc3-c3nc(N(C(=O)[C@@H](CC(=O)O)CC4CCCC4)C4CC4)sc3F)cnc21. The van der Waals surface area contributed by atoms with Crippen molar-refractivity contribution in [2.75, 3.05) is 11.8 Å². The molecular formula is C31H32F2N4O4S. The summed E-state index contributed by atoms with van der Waals surface area (Å²) in [4.78, 5) is 36.4. The Balaban J connectivity index is 1.39. The molecule has 2 saturated carbocycles. The van der Waals surface area contributed by atoms with Crippen molar-refractivity contribution >= 4 is 39.4 Å². The molecule has 4 aromatic rings. The summed E-state index contributed by atoms with van der Waals surface area (Å²) in [6, 6.07) is 8.62. The predicted octanol–water partition coefficient (Wildman–Crippen LogP) is 6.98. The number of pyridine rings is 1. The number of aromatic nitrogens is 3. The molecule has 3 aromatic heterocycles. The number of rotatable bonds is 11. The molecule has 220 valence electrons. The van der Waals surface area contributed by atoms with E-state index >= 15 is 4.39 Å². The molecule has 0 bridgehead atoms. The highest BCUT2D eigenvalue weighted by Crippen LogP contribution is 2.43. The topological polar surface area (TPSA) is 97.6 Å². The molecule has 1 N–H and O–H groups in total. The number of hydrogen-bond donors (Lipinski definition) is 1. The standard InChI is InChI=1S/C31H32F2N4O4S/c1-36-11-10-19-13-21(16-34-29(19)36)24-9-8-23(41-17-32)15-25(24)27-28(33)42-31(35-27)37(22-6-7-22)30(40)20(14-26(38)39)12-18-4-2-3-5-18/h8-11,13,15-16,18,20,22H,2-7,12,14,17H2,1H3,(H,38,39)/t20-/m1/s1. The maximum atomic E-state index is 15.8. The number of alkyl halides is 1. The molecule has 3 heterocycles. The molecule has 0 radical (unpaired) electrons. The number of amides is 1. The first-order chi connectivity index (χ1) is 20.3. The molecule has 0 unspecified atom stereocenters. The second kappa shape index (κ2) is 11.8. The number of carboxylic acid groups (broad SMARTS) is 1. The van der Waals surface area contributed by atoms with E-state index in [1.54, 1.807) is 24.4 Å². The summed E-state index contributed by atoms with van der Waals surface area (Å²) in [5.41, 5.74) is 2.55. The van der Waals surface area contributed by atoms with Crippen LogP contribution in [-0.4, -0.2) is 44.4 Å². The van der Waals surface area contributed by atoms with Gasteiger partial charge in [-0.25, -0.2) is 14.4 Å². The number of nitrogens with zero attached hydrogens (tertiary/aromatic N) is 4. The molecule has 2 aliphatic carbocycles. The molecular weight excluding hydrogens is 562 g/mol. The Morgan fingerprint density at radius 1 is 1.17 bits per heavy atom. The molecule has 0 saturated heterocycles. The van der Waals surface area contributed by atoms with E-state index in [-0.39, 0.29) is 34.9 Å². The number of aliphatic carboxylic acids is 1. The van der Waals surface area contributed by atoms with E-state index in [9.17, 15) is 19.1 Å². The number of halogens is 2. The van der Waals surface area contributed by atoms with Crippen LogP contribution in [0.25, 0.3) is 33.4 Å². The lowest BCUT2D eigenvalue weighted by Gasteiger charge is -2.26. The van der Waals surface area contributed by atoms with E-state index < -0.39 is 23.9 Å². The van der Waals surface area contributed by atoms with E-state index in [1.165, 1.54) is 4.90 Å². The van der Waals surface area contributed by atoms with E-state index in [2.05, 4.69) is 9.97 Å². The maximum Gasteiger partial charge on any atom is 0.304 e. The lowest BCUT2D eigenvalue weighted by atomic mass is 9.90. The Morgan fingerprint density at radius 2 is 1.95 bits per heavy atom. The minimum atomic E-state index is -1.04. The van der Waals surface area contributed by atoms with Gasteiger partial charge >= 0.3 is 5.97 Å². The minimum Gasteiger partial charge on any atom is -0.481 e. The van der Waals surface area contributed by atoms with Crippen molar-refractivity contribution in [3.05, 3.63) is 47.9 Å². The highest BCUT2D eigenvalue weighted by molar-refractivity contribution is 7.14. The molecule has 1 amide bonds. The first-order valence-electron chi connectivity index (χ1n) is 14.3. The Hall–Kier alpha value is -3.86. The van der Waals surface area contributed by atoms with E-state index in [1.807, 2.05) is 29.9 Å². The fourth-order valence-electron chi connectivity index (χ4n) is 6.08. The zero-order chi connectivity index (χ0) is 29.4. The summed E-state index contributed by atoms with van der Waals surface area (Å²) in [5.74, 6) is -1.49. The summed E-state index contributed by atoms with van der Waals surface area (Å²) in [7, 11) is 1.90. The third-order valence-electron chi connectivity index (χ3n) is 8.28. The summed E-state index contributed by atoms with van der Waals surface area (Å²) in [6.07, 6.45) is 9.51. The third-order valence-corrected chi connectivity index (χ3v) is 9.12. The Bertz CT molecular complexity index is 1630. The van der Waals surface area contributed by atoms with Crippen molar-refractivity contribution in [2.45, 2.75) is 57.4 Å². The van der Waals surface area contributed by atoms with Crippen LogP contribution in [0.15, 0.2) is 42.7 Å². The Labute approximate surface area is 246 Å². The number of thiazole rings is 1. The highest BCUT2D eigenvalue weighted by Gasteiger charge is 2.40. The monoisotopic (exact) mass is 594 g/mol. The lowest BCUT2D eigenvalue weighted by molar-refractivity contribution is -0.141. The average Bonchev–Trinajstić information content (AvgIpc) is 3.33. The van der Waals surface area contributed by atoms with Crippen molar-refractivity contribution in [2.24, 2.45) is 18.9 Å². The number of hydrogen-bond acceptors (Lipinski definition) is 6. The van der Waals surface area contributed by atoms with Crippen molar-refractivity contribution in [1.29, 1.82) is 0 Å². The van der Waals surface area contributed by atoms with E-state index in [4.69, 9.17) is 4.74 Å². The van der Waals surface area contributed by atoms with Crippen molar-refractivity contribution in [3.8, 4) is 28.1 Å². The molecule has 2 fully saturated rings. The fourth-order valence-corrected chi connectivity index (χ4v) is 6.96. The molecule has 42 heavy (non-hydrogen) atoms. The van der Waals surface area contributed by atoms with Gasteiger partial charge in [0.1, 0.15) is 17.1 Å². The molecule has 0 spiro atoms. The molecule has 11 heteroatoms. The van der Waals surface area contributed by atoms with Gasteiger partial charge < -0.3 is 14.4 Å². The second-order valence-corrected chi connectivity index (χ2v) is 12.2. The summed E-state index contributed by atoms with van der Waals surface area (Å²) in [6.45, 7) is -1.04. The summed E-state index contributed by atoms with van der Waals surface area (Å²) < 4.78 is 35.9. The quantitative estimate of drug-likeness (QED) is 0.201. The van der Waals surface area contributed by atoms with Crippen molar-refractivity contribution in [3.63, 3.8) is 0 Å². The molecule has 0 aliphatic heterocycles. The Kier molecular flexibility index (Phi) is 7.94. The number of ether oxygens (including phenoxy) is 1. The summed E-state index contributed by atoms with van der Waals surface area (Å²) in [5, 5.41) is 10.1. The second-order valence-electron chi connectivity index (χ2n) is 11.3. The van der Waals surface area contributed by atoms with Crippen LogP contribution in [0.3, 0.4) is 0 Å². The highest BCUT2D eigenvalue weighted by atomic mass is 32.1. The third kappa shape index (κ3) is 5.74. The maximum absolute atomic E-state index is 15.8. The van der Waals surface area contributed by atoms with Gasteiger partial charge in [0.05, 0.1) is 6.42 Å². The first-order valence-corrected chi connectivity index (χ1v) is 15.1. The van der Waals surface area contributed by atoms with Crippen LogP contribution in [0.2, 0.25) is 0 Å². The van der Waals surface area contributed by atoms with Gasteiger partial charge in [0.15, 0.2) is 5.13 Å². The van der Waals surface area contributed by atoms with Gasteiger partial charge in [0.25, 0.3) is 0 Å². The molecule has 2 aliphatic rings. The molecule has 6 rings (SSSR count). The van der Waals surface area contributed by atoms with Crippen LogP contribution >= 0.6 is 11.3 Å². The van der Waals surface area contributed by atoms with Gasteiger partial charge in [-0.05, 0) is 61.1 Å². The normalized spacial score (nSPS) is 16.2. The van der Waals surface area contributed by atoms with Crippen molar-refractivity contribution in [1.82, 2.24) is 14.5 Å². The zero-order valence-corrected chi connectivity index (χ0v) is 24.1. The number of carbonyl (C=O) groups excluding carboxylic acids is 1. The van der Waals surface area contributed by atoms with Gasteiger partial charge in [0.2, 0.25) is 17.9 Å². The lowest BCUT2D eigenvalue weighted by Crippen LogP contribution is -2.39. The van der Waals surface area contributed by atoms with Crippen LogP contribution in [0.5, 0.6) is 5.75 Å². The summed E-state index contributed by atoms with van der Waals surface area (Å²) >= 11 is 0.768. The van der Waals surface area contributed by atoms with E-state index in [0.717, 1.165) is 66.5 Å². The van der Waals surface area contributed by atoms with Gasteiger partial charge in [-0.15, -0.1) is 0 Å². The molecule has 1 atom stereocenters. The van der Waals surface area contributed by atoms with Gasteiger partial charge in [-0.3, -0.25) is 14.5 Å². The van der Waals surface area contributed by atoms with Gasteiger partial charge in [-0.1, -0.05) is 37.0 Å². The van der Waals surface area contributed by atoms with Crippen LogP contribution < -0.4 is 9.64 Å². The number of anilines is 1. The number of fused-ring (bicyclic) bond motifs is 1. The minimum absolute atomic E-state index is 0.0199. The molecule has 8 nitrogen and oxygen atoms in total. The zero-order valence-electron chi connectivity index (χ0n) is 23.3. The predicted molar refractivity (Wildman–Crippen MR) is 157 cm³/mol. The number of carbonyl (C=O) groups is 2. The van der Waals surface area contributed by atoms with Crippen LogP contribution in [0.1, 0.15) is 51.4 Å². The molecule has 1 aromatic carbocycles. The Morgan fingerprint density at radius 3 is 2.67 bits per heavy atom. The van der Waals surface area contributed by atoms with Crippen LogP contribution in [0.4, 0.5) is 13.9 Å². The van der Waals surface area contributed by atoms with E-state index in [0.29, 0.717) is 23.5 Å².